The summed E-state index contributed by atoms with van der Waals surface area (Å²) >= 11 is 1.41. The highest BCUT2D eigenvalue weighted by Gasteiger charge is 2.22. The van der Waals surface area contributed by atoms with Gasteiger partial charge in [0.2, 0.25) is 0 Å². The lowest BCUT2D eigenvalue weighted by Gasteiger charge is -2.05. The molecular formula is C11H10N4O3S. The van der Waals surface area contributed by atoms with E-state index < -0.39 is 10.8 Å². The number of aromatic nitrogens is 1. The van der Waals surface area contributed by atoms with Crippen LogP contribution in [0.4, 0.5) is 11.4 Å². The molecule has 2 rings (SSSR count). The van der Waals surface area contributed by atoms with E-state index in [1.165, 1.54) is 29.5 Å². The van der Waals surface area contributed by atoms with Crippen molar-refractivity contribution in [1.29, 1.82) is 0 Å². The minimum absolute atomic E-state index is 0.0358. The molecule has 19 heavy (non-hydrogen) atoms. The number of nitrogens with two attached hydrogens (primary N) is 1. The molecule has 1 amide bonds. The predicted octanol–water partition coefficient (Wildman–Crippen LogP) is 1.56. The number of amides is 1. The van der Waals surface area contributed by atoms with Crippen LogP contribution in [0.1, 0.15) is 16.1 Å². The van der Waals surface area contributed by atoms with Crippen LogP contribution >= 0.6 is 11.3 Å². The van der Waals surface area contributed by atoms with E-state index in [0.29, 0.717) is 5.69 Å². The first-order valence-corrected chi connectivity index (χ1v) is 6.22. The SMILES string of the molecule is Nc1cccc(C(=O)NCc2cscn2)c1[N+](=O)[O-]. The Kier molecular flexibility index (Phi) is 3.71. The lowest BCUT2D eigenvalue weighted by Crippen LogP contribution is -2.24. The molecule has 0 aliphatic rings. The highest BCUT2D eigenvalue weighted by Crippen LogP contribution is 2.25. The van der Waals surface area contributed by atoms with Gasteiger partial charge in [-0.2, -0.15) is 0 Å². The van der Waals surface area contributed by atoms with Gasteiger partial charge in [-0.15, -0.1) is 11.3 Å². The fraction of sp³-hybridized carbons (Fsp3) is 0.0909. The number of carbonyl (C=O) groups is 1. The molecule has 0 saturated heterocycles. The predicted molar refractivity (Wildman–Crippen MR) is 70.8 cm³/mol. The van der Waals surface area contributed by atoms with Gasteiger partial charge >= 0.3 is 5.69 Å². The molecule has 0 spiro atoms. The van der Waals surface area contributed by atoms with Crippen LogP contribution in [0.25, 0.3) is 0 Å². The van der Waals surface area contributed by atoms with Crippen LogP contribution in [0.15, 0.2) is 29.1 Å². The van der Waals surface area contributed by atoms with E-state index in [1.807, 2.05) is 0 Å². The molecule has 2 aromatic rings. The zero-order valence-electron chi connectivity index (χ0n) is 9.70. The molecule has 0 radical (unpaired) electrons. The standard InChI is InChI=1S/C11H10N4O3S/c12-9-3-1-2-8(10(9)15(17)18)11(16)13-4-7-5-19-6-14-7/h1-3,5-6H,4,12H2,(H,13,16). The third-order valence-corrected chi connectivity index (χ3v) is 3.04. The Morgan fingerprint density at radius 3 is 2.95 bits per heavy atom. The second-order valence-corrected chi connectivity index (χ2v) is 4.38. The molecule has 0 fully saturated rings. The molecule has 0 aliphatic carbocycles. The lowest BCUT2D eigenvalue weighted by molar-refractivity contribution is -0.384. The number of anilines is 1. The van der Waals surface area contributed by atoms with Gasteiger partial charge in [0.25, 0.3) is 5.91 Å². The van der Waals surface area contributed by atoms with Crippen LogP contribution in [0.3, 0.4) is 0 Å². The number of nitro groups is 1. The first-order chi connectivity index (χ1) is 9.09. The van der Waals surface area contributed by atoms with E-state index in [1.54, 1.807) is 10.9 Å². The van der Waals surface area contributed by atoms with Gasteiger partial charge in [-0.1, -0.05) is 6.07 Å². The zero-order chi connectivity index (χ0) is 13.8. The van der Waals surface area contributed by atoms with E-state index in [0.717, 1.165) is 0 Å². The maximum atomic E-state index is 11.9. The van der Waals surface area contributed by atoms with Crippen LogP contribution in [-0.4, -0.2) is 15.8 Å². The maximum absolute atomic E-state index is 11.9. The molecule has 8 heteroatoms. The summed E-state index contributed by atoms with van der Waals surface area (Å²) in [5.41, 5.74) is 7.39. The molecule has 0 saturated carbocycles. The third kappa shape index (κ3) is 2.86. The van der Waals surface area contributed by atoms with Crippen molar-refractivity contribution in [3.05, 3.63) is 50.5 Å². The van der Waals surface area contributed by atoms with Gasteiger partial charge in [0.15, 0.2) is 0 Å². The van der Waals surface area contributed by atoms with Crippen molar-refractivity contribution < 1.29 is 9.72 Å². The zero-order valence-corrected chi connectivity index (χ0v) is 10.5. The van der Waals surface area contributed by atoms with Crippen molar-refractivity contribution in [2.75, 3.05) is 5.73 Å². The van der Waals surface area contributed by atoms with Crippen LogP contribution in [-0.2, 0) is 6.54 Å². The fourth-order valence-corrected chi connectivity index (χ4v) is 2.10. The molecule has 1 heterocycles. The van der Waals surface area contributed by atoms with Gasteiger partial charge in [0, 0.05) is 5.38 Å². The van der Waals surface area contributed by atoms with Crippen LogP contribution in [0.2, 0.25) is 0 Å². The van der Waals surface area contributed by atoms with Crippen molar-refractivity contribution in [3.63, 3.8) is 0 Å². The molecule has 1 aromatic heterocycles. The van der Waals surface area contributed by atoms with Gasteiger partial charge in [-0.05, 0) is 12.1 Å². The number of para-hydroxylation sites is 1. The normalized spacial score (nSPS) is 10.1. The molecule has 7 nitrogen and oxygen atoms in total. The Morgan fingerprint density at radius 2 is 2.32 bits per heavy atom. The van der Waals surface area contributed by atoms with Crippen LogP contribution < -0.4 is 11.1 Å². The highest BCUT2D eigenvalue weighted by molar-refractivity contribution is 7.07. The molecule has 0 atom stereocenters. The van der Waals surface area contributed by atoms with E-state index in [2.05, 4.69) is 10.3 Å². The number of nitrogen functional groups attached to an aromatic ring is 1. The number of carbonyl (C=O) groups excluding carboxylic acids is 1. The first-order valence-electron chi connectivity index (χ1n) is 5.27. The van der Waals surface area contributed by atoms with Gasteiger partial charge < -0.3 is 11.1 Å². The minimum Gasteiger partial charge on any atom is -0.393 e. The average molecular weight is 278 g/mol. The number of hydrogen-bond donors (Lipinski definition) is 2. The molecule has 3 N–H and O–H groups in total. The topological polar surface area (TPSA) is 111 Å². The molecule has 0 bridgehead atoms. The van der Waals surface area contributed by atoms with E-state index >= 15 is 0 Å². The largest absolute Gasteiger partial charge is 0.393 e. The number of nitrogens with one attached hydrogen (secondary N) is 1. The third-order valence-electron chi connectivity index (χ3n) is 2.41. The number of nitrogens with zero attached hydrogens (tertiary/aromatic N) is 2. The summed E-state index contributed by atoms with van der Waals surface area (Å²) in [6.07, 6.45) is 0. The average Bonchev–Trinajstić information content (AvgIpc) is 2.88. The van der Waals surface area contributed by atoms with E-state index in [9.17, 15) is 14.9 Å². The van der Waals surface area contributed by atoms with E-state index in [-0.39, 0.29) is 23.5 Å². The summed E-state index contributed by atoms with van der Waals surface area (Å²) < 4.78 is 0. The van der Waals surface area contributed by atoms with Gasteiger partial charge in [-0.3, -0.25) is 14.9 Å². The summed E-state index contributed by atoms with van der Waals surface area (Å²) in [7, 11) is 0. The van der Waals surface area contributed by atoms with E-state index in [4.69, 9.17) is 5.73 Å². The van der Waals surface area contributed by atoms with Crippen molar-refractivity contribution in [2.45, 2.75) is 6.54 Å². The molecule has 98 valence electrons. The summed E-state index contributed by atoms with van der Waals surface area (Å²) in [6, 6.07) is 4.25. The second-order valence-electron chi connectivity index (χ2n) is 3.66. The Labute approximate surface area is 112 Å². The van der Waals surface area contributed by atoms with Crippen LogP contribution in [0, 0.1) is 10.1 Å². The summed E-state index contributed by atoms with van der Waals surface area (Å²) in [6.45, 7) is 0.217. The van der Waals surface area contributed by atoms with Gasteiger partial charge in [-0.25, -0.2) is 4.98 Å². The molecular weight excluding hydrogens is 268 g/mol. The number of hydrogen-bond acceptors (Lipinski definition) is 6. The number of nitro benzene ring substituents is 1. The quantitative estimate of drug-likeness (QED) is 0.501. The molecule has 0 aliphatic heterocycles. The van der Waals surface area contributed by atoms with Crippen molar-refractivity contribution in [1.82, 2.24) is 10.3 Å². The molecule has 1 aromatic carbocycles. The Hall–Kier alpha value is -2.48. The Morgan fingerprint density at radius 1 is 1.53 bits per heavy atom. The number of rotatable bonds is 4. The summed E-state index contributed by atoms with van der Waals surface area (Å²) in [4.78, 5) is 26.2. The van der Waals surface area contributed by atoms with Crippen molar-refractivity contribution in [2.24, 2.45) is 0 Å². The molecule has 0 unspecified atom stereocenters. The number of thiazole rings is 1. The van der Waals surface area contributed by atoms with Gasteiger partial charge in [0.1, 0.15) is 11.3 Å². The van der Waals surface area contributed by atoms with Crippen LogP contribution in [0.5, 0.6) is 0 Å². The first kappa shape index (κ1) is 13.0. The number of benzene rings is 1. The maximum Gasteiger partial charge on any atom is 0.304 e. The highest BCUT2D eigenvalue weighted by atomic mass is 32.1. The smallest absolute Gasteiger partial charge is 0.304 e. The van der Waals surface area contributed by atoms with Gasteiger partial charge in [0.05, 0.1) is 22.7 Å². The lowest BCUT2D eigenvalue weighted by atomic mass is 10.1. The summed E-state index contributed by atoms with van der Waals surface area (Å²) in [5, 5.41) is 15.3. The monoisotopic (exact) mass is 278 g/mol. The Bertz CT molecular complexity index is 612. The second kappa shape index (κ2) is 5.44. The Balaban J connectivity index is 2.19. The minimum atomic E-state index is -0.660. The van der Waals surface area contributed by atoms with Crippen molar-refractivity contribution in [3.8, 4) is 0 Å². The fourth-order valence-electron chi connectivity index (χ4n) is 1.54. The summed E-state index contributed by atoms with van der Waals surface area (Å²) in [5.74, 6) is -0.549. The van der Waals surface area contributed by atoms with Crippen molar-refractivity contribution >= 4 is 28.6 Å².